The summed E-state index contributed by atoms with van der Waals surface area (Å²) in [4.78, 5) is 28.6. The van der Waals surface area contributed by atoms with E-state index in [0.717, 1.165) is 62.7 Å². The van der Waals surface area contributed by atoms with Gasteiger partial charge < -0.3 is 20.7 Å². The molecule has 1 amide bonds. The van der Waals surface area contributed by atoms with Crippen molar-refractivity contribution >= 4 is 40.5 Å². The number of benzene rings is 2. The highest BCUT2D eigenvalue weighted by atomic mass is 35.5. The maximum atomic E-state index is 13.3. The number of nitrogens with one attached hydrogen (secondary N) is 3. The molecule has 0 spiro atoms. The van der Waals surface area contributed by atoms with Gasteiger partial charge in [0.05, 0.1) is 29.5 Å². The first-order chi connectivity index (χ1) is 20.7. The number of anilines is 4. The number of carbonyl (C=O) groups is 1. The van der Waals surface area contributed by atoms with Crippen LogP contribution in [0.15, 0.2) is 67.1 Å². The third kappa shape index (κ3) is 7.78. The number of ether oxygens (including phenoxy) is 1. The van der Waals surface area contributed by atoms with Crippen molar-refractivity contribution in [1.82, 2.24) is 19.9 Å². The highest BCUT2D eigenvalue weighted by Gasteiger charge is 2.33. The molecule has 9 nitrogen and oxygen atoms in total. The van der Waals surface area contributed by atoms with Crippen LogP contribution in [0.2, 0.25) is 5.02 Å². The van der Waals surface area contributed by atoms with Gasteiger partial charge in [0.2, 0.25) is 0 Å². The monoisotopic (exact) mass is 611 g/mol. The second-order valence-corrected chi connectivity index (χ2v) is 10.3. The molecule has 2 aromatic carbocycles. The van der Waals surface area contributed by atoms with E-state index in [2.05, 4.69) is 35.8 Å². The third-order valence-corrected chi connectivity index (χ3v) is 7.20. The molecule has 13 heteroatoms. The molecule has 2 aromatic heterocycles. The van der Waals surface area contributed by atoms with Crippen LogP contribution in [-0.4, -0.2) is 65.2 Å². The van der Waals surface area contributed by atoms with Gasteiger partial charge in [-0.05, 0) is 55.0 Å². The number of halogens is 4. The molecule has 1 saturated heterocycles. The zero-order valence-corrected chi connectivity index (χ0v) is 24.0. The topological polar surface area (TPSA) is 104 Å². The van der Waals surface area contributed by atoms with Crippen molar-refractivity contribution < 1.29 is 22.7 Å². The number of aromatic nitrogens is 3. The molecule has 1 aliphatic heterocycles. The lowest BCUT2D eigenvalue weighted by atomic mass is 10.1. The number of hydrogen-bond acceptors (Lipinski definition) is 8. The van der Waals surface area contributed by atoms with Crippen LogP contribution in [-0.2, 0) is 10.9 Å². The zero-order chi connectivity index (χ0) is 30.4. The number of hydrogen-bond donors (Lipinski definition) is 3. The fraction of sp³-hybridized carbons (Fsp3) is 0.267. The Balaban J connectivity index is 1.31. The fourth-order valence-corrected chi connectivity index (χ4v) is 4.75. The minimum absolute atomic E-state index is 0.0260. The van der Waals surface area contributed by atoms with Crippen molar-refractivity contribution in [2.75, 3.05) is 55.3 Å². The first-order valence-corrected chi connectivity index (χ1v) is 13.9. The van der Waals surface area contributed by atoms with Gasteiger partial charge in [-0.3, -0.25) is 9.69 Å². The standard InChI is InChI=1S/C30H29ClF3N7O2/c1-19-4-5-20(29(42)39-21-6-7-24(31)23(16-21)30(32,33)34)15-25(19)40-28-22(3-2-8-36-28)26-17-27(38-18-37-26)35-9-10-41-11-13-43-14-12-41/h2-8,15-18H,9-14H2,1H3,(H,36,40)(H,39,42)(H,35,37,38). The fourth-order valence-electron chi connectivity index (χ4n) is 4.53. The van der Waals surface area contributed by atoms with Gasteiger partial charge in [0.1, 0.15) is 18.0 Å². The number of pyridine rings is 1. The summed E-state index contributed by atoms with van der Waals surface area (Å²) in [5, 5.41) is 8.70. The van der Waals surface area contributed by atoms with E-state index in [-0.39, 0.29) is 11.3 Å². The lowest BCUT2D eigenvalue weighted by molar-refractivity contribution is -0.137. The molecule has 0 radical (unpaired) electrons. The molecule has 43 heavy (non-hydrogen) atoms. The summed E-state index contributed by atoms with van der Waals surface area (Å²) in [6, 6.07) is 13.7. The second-order valence-electron chi connectivity index (χ2n) is 9.87. The molecule has 1 aliphatic rings. The lowest BCUT2D eigenvalue weighted by Gasteiger charge is -2.26. The van der Waals surface area contributed by atoms with E-state index in [1.54, 1.807) is 30.5 Å². The van der Waals surface area contributed by atoms with Crippen molar-refractivity contribution in [2.45, 2.75) is 13.1 Å². The van der Waals surface area contributed by atoms with Gasteiger partial charge in [0.15, 0.2) is 0 Å². The lowest BCUT2D eigenvalue weighted by Crippen LogP contribution is -2.39. The predicted molar refractivity (Wildman–Crippen MR) is 160 cm³/mol. The molecule has 1 fully saturated rings. The number of morpholine rings is 1. The van der Waals surface area contributed by atoms with Gasteiger partial charge in [-0.2, -0.15) is 13.2 Å². The molecule has 0 saturated carbocycles. The summed E-state index contributed by atoms with van der Waals surface area (Å²) in [6.45, 7) is 6.75. The second kappa shape index (κ2) is 13.4. The van der Waals surface area contributed by atoms with E-state index in [4.69, 9.17) is 16.3 Å². The molecule has 4 aromatic rings. The van der Waals surface area contributed by atoms with Crippen LogP contribution in [0, 0.1) is 6.92 Å². The SMILES string of the molecule is Cc1ccc(C(=O)Nc2ccc(Cl)c(C(F)(F)F)c2)cc1Nc1ncccc1-c1cc(NCCN2CCOCC2)ncn1. The van der Waals surface area contributed by atoms with Crippen molar-refractivity contribution in [3.8, 4) is 11.3 Å². The smallest absolute Gasteiger partial charge is 0.379 e. The Morgan fingerprint density at radius 1 is 1.05 bits per heavy atom. The number of nitrogens with zero attached hydrogens (tertiary/aromatic N) is 4. The number of carbonyl (C=O) groups excluding carboxylic acids is 1. The summed E-state index contributed by atoms with van der Waals surface area (Å²) in [5.41, 5.74) is 1.97. The van der Waals surface area contributed by atoms with E-state index in [0.29, 0.717) is 23.0 Å². The van der Waals surface area contributed by atoms with Gasteiger partial charge in [-0.1, -0.05) is 17.7 Å². The number of aryl methyl sites for hydroxylation is 1. The molecule has 224 valence electrons. The average Bonchev–Trinajstić information content (AvgIpc) is 2.99. The molecule has 0 unspecified atom stereocenters. The molecule has 5 rings (SSSR count). The van der Waals surface area contributed by atoms with E-state index in [1.165, 1.54) is 12.4 Å². The molecular weight excluding hydrogens is 583 g/mol. The van der Waals surface area contributed by atoms with E-state index in [1.807, 2.05) is 19.1 Å². The maximum Gasteiger partial charge on any atom is 0.417 e. The summed E-state index contributed by atoms with van der Waals surface area (Å²) < 4.78 is 45.2. The summed E-state index contributed by atoms with van der Waals surface area (Å²) in [6.07, 6.45) is -1.53. The van der Waals surface area contributed by atoms with Crippen LogP contribution < -0.4 is 16.0 Å². The van der Waals surface area contributed by atoms with Crippen LogP contribution >= 0.6 is 11.6 Å². The van der Waals surface area contributed by atoms with Crippen LogP contribution in [0.3, 0.4) is 0 Å². The first kappa shape index (κ1) is 30.2. The number of amides is 1. The molecule has 0 bridgehead atoms. The van der Waals surface area contributed by atoms with Crippen molar-refractivity contribution in [3.05, 3.63) is 88.8 Å². The Bertz CT molecular complexity index is 1600. The minimum Gasteiger partial charge on any atom is -0.379 e. The van der Waals surface area contributed by atoms with Gasteiger partial charge in [-0.15, -0.1) is 0 Å². The Morgan fingerprint density at radius 2 is 1.86 bits per heavy atom. The van der Waals surface area contributed by atoms with Gasteiger partial charge in [0, 0.05) is 60.9 Å². The first-order valence-electron chi connectivity index (χ1n) is 13.5. The largest absolute Gasteiger partial charge is 0.417 e. The highest BCUT2D eigenvalue weighted by Crippen LogP contribution is 2.36. The number of alkyl halides is 3. The summed E-state index contributed by atoms with van der Waals surface area (Å²) >= 11 is 5.70. The Kier molecular flexibility index (Phi) is 9.39. The summed E-state index contributed by atoms with van der Waals surface area (Å²) in [5.74, 6) is 0.607. The van der Waals surface area contributed by atoms with Crippen molar-refractivity contribution in [2.24, 2.45) is 0 Å². The van der Waals surface area contributed by atoms with Crippen LogP contribution in [0.25, 0.3) is 11.3 Å². The van der Waals surface area contributed by atoms with Crippen LogP contribution in [0.1, 0.15) is 21.5 Å². The molecule has 3 N–H and O–H groups in total. The summed E-state index contributed by atoms with van der Waals surface area (Å²) in [7, 11) is 0. The Hall–Kier alpha value is -4.26. The van der Waals surface area contributed by atoms with E-state index in [9.17, 15) is 18.0 Å². The Morgan fingerprint density at radius 3 is 2.65 bits per heavy atom. The highest BCUT2D eigenvalue weighted by molar-refractivity contribution is 6.31. The van der Waals surface area contributed by atoms with E-state index < -0.39 is 22.7 Å². The Labute approximate surface area is 251 Å². The molecule has 0 atom stereocenters. The van der Waals surface area contributed by atoms with Crippen LogP contribution in [0.4, 0.5) is 36.2 Å². The average molecular weight is 612 g/mol. The number of rotatable bonds is 9. The normalized spacial score (nSPS) is 13.9. The van der Waals surface area contributed by atoms with Gasteiger partial charge in [-0.25, -0.2) is 15.0 Å². The molecule has 0 aliphatic carbocycles. The third-order valence-electron chi connectivity index (χ3n) is 6.87. The van der Waals surface area contributed by atoms with Gasteiger partial charge in [0.25, 0.3) is 5.91 Å². The molecular formula is C30H29ClF3N7O2. The maximum absolute atomic E-state index is 13.3. The minimum atomic E-state index is -4.65. The van der Waals surface area contributed by atoms with Crippen molar-refractivity contribution in [3.63, 3.8) is 0 Å². The predicted octanol–water partition coefficient (Wildman–Crippen LogP) is 6.26. The zero-order valence-electron chi connectivity index (χ0n) is 23.2. The van der Waals surface area contributed by atoms with Crippen molar-refractivity contribution in [1.29, 1.82) is 0 Å². The molecule has 3 heterocycles. The van der Waals surface area contributed by atoms with Crippen LogP contribution in [0.5, 0.6) is 0 Å². The quantitative estimate of drug-likeness (QED) is 0.204. The van der Waals surface area contributed by atoms with Gasteiger partial charge >= 0.3 is 6.18 Å². The van der Waals surface area contributed by atoms with E-state index >= 15 is 0 Å².